The zero-order chi connectivity index (χ0) is 22.5. The van der Waals surface area contributed by atoms with Crippen molar-refractivity contribution in [1.82, 2.24) is 0 Å². The van der Waals surface area contributed by atoms with Gasteiger partial charge in [0, 0.05) is 6.07 Å². The summed E-state index contributed by atoms with van der Waals surface area (Å²) in [6, 6.07) is 18.8. The molecule has 7 nitrogen and oxygen atoms in total. The lowest BCUT2D eigenvalue weighted by Gasteiger charge is -2.09. The van der Waals surface area contributed by atoms with Crippen LogP contribution in [-0.4, -0.2) is 20.2 Å². The molecule has 0 saturated carbocycles. The summed E-state index contributed by atoms with van der Waals surface area (Å²) in [7, 11) is 2.92. The van der Waals surface area contributed by atoms with Crippen molar-refractivity contribution in [3.8, 4) is 23.0 Å². The number of ether oxygens (including phenoxy) is 4. The van der Waals surface area contributed by atoms with Gasteiger partial charge in [-0.3, -0.25) is 4.79 Å². The molecule has 0 aliphatic carbocycles. The van der Waals surface area contributed by atoms with Crippen molar-refractivity contribution in [2.45, 2.75) is 6.61 Å². The van der Waals surface area contributed by atoms with Crippen molar-refractivity contribution >= 4 is 16.9 Å². The van der Waals surface area contributed by atoms with Gasteiger partial charge in [-0.05, 0) is 54.1 Å². The number of hydrogen-bond donors (Lipinski definition) is 0. The Morgan fingerprint density at radius 3 is 2.44 bits per heavy atom. The Balaban J connectivity index is 1.50. The van der Waals surface area contributed by atoms with Gasteiger partial charge in [0.1, 0.15) is 35.7 Å². The smallest absolute Gasteiger partial charge is 0.337 e. The molecule has 32 heavy (non-hydrogen) atoms. The quantitative estimate of drug-likeness (QED) is 0.382. The molecule has 0 bridgehead atoms. The summed E-state index contributed by atoms with van der Waals surface area (Å²) in [6.45, 7) is 0.343. The third kappa shape index (κ3) is 4.57. The monoisotopic (exact) mass is 432 g/mol. The van der Waals surface area contributed by atoms with Crippen molar-refractivity contribution in [3.05, 3.63) is 94.3 Å². The molecule has 0 N–H and O–H groups in total. The van der Waals surface area contributed by atoms with E-state index in [1.807, 2.05) is 24.3 Å². The summed E-state index contributed by atoms with van der Waals surface area (Å²) >= 11 is 0. The molecule has 0 fully saturated rings. The first-order valence-electron chi connectivity index (χ1n) is 9.75. The zero-order valence-electron chi connectivity index (χ0n) is 17.5. The predicted octanol–water partition coefficient (Wildman–Crippen LogP) is 4.96. The largest absolute Gasteiger partial charge is 0.497 e. The van der Waals surface area contributed by atoms with E-state index in [1.165, 1.54) is 13.4 Å². The number of rotatable bonds is 7. The van der Waals surface area contributed by atoms with Gasteiger partial charge < -0.3 is 23.4 Å². The third-order valence-electron chi connectivity index (χ3n) is 4.76. The number of hydrogen-bond acceptors (Lipinski definition) is 7. The Morgan fingerprint density at radius 1 is 0.906 bits per heavy atom. The van der Waals surface area contributed by atoms with Crippen molar-refractivity contribution < 1.29 is 28.2 Å². The van der Waals surface area contributed by atoms with Gasteiger partial charge in [-0.15, -0.1) is 0 Å². The molecule has 0 amide bonds. The second-order valence-electron chi connectivity index (χ2n) is 6.85. The van der Waals surface area contributed by atoms with E-state index in [-0.39, 0.29) is 11.2 Å². The summed E-state index contributed by atoms with van der Waals surface area (Å²) in [6.07, 6.45) is 1.25. The molecule has 162 valence electrons. The summed E-state index contributed by atoms with van der Waals surface area (Å²) in [4.78, 5) is 24.3. The molecular weight excluding hydrogens is 412 g/mol. The summed E-state index contributed by atoms with van der Waals surface area (Å²) < 4.78 is 26.9. The Kier molecular flexibility index (Phi) is 6.07. The molecule has 1 heterocycles. The second-order valence-corrected chi connectivity index (χ2v) is 6.85. The highest BCUT2D eigenvalue weighted by Crippen LogP contribution is 2.25. The van der Waals surface area contributed by atoms with Gasteiger partial charge in [0.15, 0.2) is 0 Å². The highest BCUT2D eigenvalue weighted by atomic mass is 16.5. The van der Waals surface area contributed by atoms with Gasteiger partial charge in [-0.2, -0.15) is 0 Å². The average molecular weight is 432 g/mol. The van der Waals surface area contributed by atoms with Crippen molar-refractivity contribution in [3.63, 3.8) is 0 Å². The predicted molar refractivity (Wildman–Crippen MR) is 118 cm³/mol. The zero-order valence-corrected chi connectivity index (χ0v) is 17.5. The normalized spacial score (nSPS) is 10.6. The van der Waals surface area contributed by atoms with Crippen LogP contribution in [-0.2, 0) is 11.3 Å². The molecule has 4 aromatic rings. The van der Waals surface area contributed by atoms with E-state index >= 15 is 0 Å². The molecule has 0 spiro atoms. The topological polar surface area (TPSA) is 84.2 Å². The molecule has 1 aromatic heterocycles. The van der Waals surface area contributed by atoms with E-state index < -0.39 is 5.97 Å². The lowest BCUT2D eigenvalue weighted by molar-refractivity contribution is 0.0600. The van der Waals surface area contributed by atoms with Crippen LogP contribution >= 0.6 is 0 Å². The minimum Gasteiger partial charge on any atom is -0.497 e. The van der Waals surface area contributed by atoms with Crippen LogP contribution in [0.3, 0.4) is 0 Å². The number of benzene rings is 3. The highest BCUT2D eigenvalue weighted by molar-refractivity contribution is 5.89. The van der Waals surface area contributed by atoms with E-state index in [9.17, 15) is 9.59 Å². The maximum Gasteiger partial charge on any atom is 0.337 e. The maximum absolute atomic E-state index is 12.8. The minimum atomic E-state index is -0.453. The second kappa shape index (κ2) is 9.26. The SMILES string of the molecule is COC(=O)c1ccc(Oc2coc3cc(OCc4cccc(OC)c4)ccc3c2=O)cc1. The summed E-state index contributed by atoms with van der Waals surface area (Å²) in [5.41, 5.74) is 1.40. The first kappa shape index (κ1) is 21.0. The minimum absolute atomic E-state index is 0.0355. The number of carbonyl (C=O) groups excluding carboxylic acids is 1. The van der Waals surface area contributed by atoms with Crippen LogP contribution in [0.1, 0.15) is 15.9 Å². The van der Waals surface area contributed by atoms with E-state index in [0.717, 1.165) is 11.3 Å². The number of methoxy groups -OCH3 is 2. The summed E-state index contributed by atoms with van der Waals surface area (Å²) in [5, 5.41) is 0.363. The molecule has 3 aromatic carbocycles. The third-order valence-corrected chi connectivity index (χ3v) is 4.76. The fraction of sp³-hybridized carbons (Fsp3) is 0.120. The van der Waals surface area contributed by atoms with Gasteiger partial charge in [0.25, 0.3) is 0 Å². The lowest BCUT2D eigenvalue weighted by Crippen LogP contribution is -2.05. The van der Waals surface area contributed by atoms with Gasteiger partial charge in [-0.25, -0.2) is 4.79 Å². The number of esters is 1. The molecule has 0 atom stereocenters. The van der Waals surface area contributed by atoms with Crippen molar-refractivity contribution in [1.29, 1.82) is 0 Å². The van der Waals surface area contributed by atoms with Gasteiger partial charge >= 0.3 is 5.97 Å². The van der Waals surface area contributed by atoms with E-state index in [2.05, 4.69) is 4.74 Å². The fourth-order valence-corrected chi connectivity index (χ4v) is 3.08. The Hall–Kier alpha value is -4.26. The van der Waals surface area contributed by atoms with Crippen LogP contribution in [0.4, 0.5) is 0 Å². The Labute approximate surface area is 183 Å². The summed E-state index contributed by atoms with van der Waals surface area (Å²) in [5.74, 6) is 1.29. The van der Waals surface area contributed by atoms with E-state index in [4.69, 9.17) is 18.6 Å². The van der Waals surface area contributed by atoms with Gasteiger partial charge in [0.2, 0.25) is 11.2 Å². The van der Waals surface area contributed by atoms with Crippen LogP contribution in [0.2, 0.25) is 0 Å². The first-order valence-corrected chi connectivity index (χ1v) is 9.75. The van der Waals surface area contributed by atoms with Crippen LogP contribution < -0.4 is 19.6 Å². The highest BCUT2D eigenvalue weighted by Gasteiger charge is 2.11. The molecule has 4 rings (SSSR count). The lowest BCUT2D eigenvalue weighted by atomic mass is 10.2. The van der Waals surface area contributed by atoms with Crippen molar-refractivity contribution in [2.75, 3.05) is 14.2 Å². The van der Waals surface area contributed by atoms with Crippen LogP contribution in [0.25, 0.3) is 11.0 Å². The Bertz CT molecular complexity index is 1310. The molecule has 7 heteroatoms. The fourth-order valence-electron chi connectivity index (χ4n) is 3.08. The van der Waals surface area contributed by atoms with Crippen LogP contribution in [0.5, 0.6) is 23.0 Å². The average Bonchev–Trinajstić information content (AvgIpc) is 2.84. The van der Waals surface area contributed by atoms with Gasteiger partial charge in [-0.1, -0.05) is 12.1 Å². The molecule has 0 radical (unpaired) electrons. The first-order chi connectivity index (χ1) is 15.6. The molecule has 0 unspecified atom stereocenters. The molecule has 0 aliphatic rings. The van der Waals surface area contributed by atoms with Crippen LogP contribution in [0, 0.1) is 0 Å². The van der Waals surface area contributed by atoms with E-state index in [1.54, 1.807) is 49.6 Å². The number of carbonyl (C=O) groups is 1. The maximum atomic E-state index is 12.8. The molecule has 0 saturated heterocycles. The number of fused-ring (bicyclic) bond motifs is 1. The van der Waals surface area contributed by atoms with Crippen LogP contribution in [0.15, 0.2) is 82.2 Å². The molecule has 0 aliphatic heterocycles. The Morgan fingerprint density at radius 2 is 1.69 bits per heavy atom. The standard InChI is InChI=1S/C25H20O7/c1-28-19-5-3-4-16(12-19)14-30-20-10-11-21-22(13-20)31-15-23(24(21)26)32-18-8-6-17(7-9-18)25(27)29-2/h3-13,15H,14H2,1-2H3. The molecular formula is C25H20O7. The van der Waals surface area contributed by atoms with E-state index in [0.29, 0.717) is 34.6 Å². The van der Waals surface area contributed by atoms with Crippen molar-refractivity contribution in [2.24, 2.45) is 0 Å². The van der Waals surface area contributed by atoms with Gasteiger partial charge in [0.05, 0.1) is 25.2 Å².